The highest BCUT2D eigenvalue weighted by atomic mass is 35.5. The fraction of sp³-hybridized carbons (Fsp3) is 0.375. The first-order valence-corrected chi connectivity index (χ1v) is 8.73. The van der Waals surface area contributed by atoms with Crippen LogP contribution in [0.4, 0.5) is 10.1 Å². The lowest BCUT2D eigenvalue weighted by atomic mass is 9.96. The second-order valence-corrected chi connectivity index (χ2v) is 7.23. The average molecular weight is 344 g/mol. The van der Waals surface area contributed by atoms with E-state index in [0.717, 1.165) is 5.69 Å². The van der Waals surface area contributed by atoms with E-state index in [-0.39, 0.29) is 16.1 Å². The van der Waals surface area contributed by atoms with E-state index in [2.05, 4.69) is 22.8 Å². The molecule has 1 N–H and O–H groups in total. The summed E-state index contributed by atoms with van der Waals surface area (Å²) in [7, 11) is 0. The molecule has 21 heavy (non-hydrogen) atoms. The van der Waals surface area contributed by atoms with Crippen molar-refractivity contribution >= 4 is 40.2 Å². The molecule has 0 radical (unpaired) electrons. The van der Waals surface area contributed by atoms with E-state index in [1.165, 1.54) is 30.6 Å². The van der Waals surface area contributed by atoms with Gasteiger partial charge in [0, 0.05) is 10.6 Å². The van der Waals surface area contributed by atoms with Crippen molar-refractivity contribution in [1.82, 2.24) is 0 Å². The smallest absolute Gasteiger partial charge is 0.160 e. The van der Waals surface area contributed by atoms with Crippen molar-refractivity contribution in [2.45, 2.75) is 31.7 Å². The maximum atomic E-state index is 13.5. The van der Waals surface area contributed by atoms with Gasteiger partial charge in [-0.25, -0.2) is 4.39 Å². The van der Waals surface area contributed by atoms with Crippen LogP contribution in [0.15, 0.2) is 29.6 Å². The summed E-state index contributed by atoms with van der Waals surface area (Å²) in [5.41, 5.74) is 0.775. The van der Waals surface area contributed by atoms with Crippen LogP contribution >= 0.6 is 34.5 Å². The lowest BCUT2D eigenvalue weighted by Crippen LogP contribution is -2.18. The standard InChI is InChI=1S/C16H16Cl2FNS/c17-12-8-11(9-13(18)15(12)19)20-16(10-4-1-2-5-10)14-6-3-7-21-14/h3,6-10,16,20H,1-2,4-5H2. The van der Waals surface area contributed by atoms with Gasteiger partial charge >= 0.3 is 0 Å². The van der Waals surface area contributed by atoms with E-state index in [4.69, 9.17) is 23.2 Å². The van der Waals surface area contributed by atoms with Gasteiger partial charge in [0.15, 0.2) is 5.82 Å². The molecule has 0 bridgehead atoms. The molecular weight excluding hydrogens is 328 g/mol. The highest BCUT2D eigenvalue weighted by molar-refractivity contribution is 7.10. The van der Waals surface area contributed by atoms with Crippen LogP contribution in [0.1, 0.15) is 36.6 Å². The van der Waals surface area contributed by atoms with Crippen LogP contribution in [-0.4, -0.2) is 0 Å². The van der Waals surface area contributed by atoms with Crippen molar-refractivity contribution in [3.8, 4) is 0 Å². The number of benzene rings is 1. The molecule has 1 unspecified atom stereocenters. The topological polar surface area (TPSA) is 12.0 Å². The summed E-state index contributed by atoms with van der Waals surface area (Å²) in [6.07, 6.45) is 4.99. The molecular formula is C16H16Cl2FNS. The van der Waals surface area contributed by atoms with Crippen molar-refractivity contribution in [2.24, 2.45) is 5.92 Å². The summed E-state index contributed by atoms with van der Waals surface area (Å²) in [5.74, 6) is 0.0451. The molecule has 1 aliphatic rings. The zero-order valence-corrected chi connectivity index (χ0v) is 13.7. The third-order valence-corrected chi connectivity index (χ3v) is 5.53. The molecule has 1 aromatic heterocycles. The van der Waals surface area contributed by atoms with E-state index >= 15 is 0 Å². The van der Waals surface area contributed by atoms with Crippen LogP contribution in [0.2, 0.25) is 10.0 Å². The monoisotopic (exact) mass is 343 g/mol. The molecule has 1 nitrogen and oxygen atoms in total. The third kappa shape index (κ3) is 3.36. The lowest BCUT2D eigenvalue weighted by Gasteiger charge is -2.25. The van der Waals surface area contributed by atoms with Crippen molar-refractivity contribution in [2.75, 3.05) is 5.32 Å². The summed E-state index contributed by atoms with van der Waals surface area (Å²) in [5, 5.41) is 5.71. The lowest BCUT2D eigenvalue weighted by molar-refractivity contribution is 0.475. The van der Waals surface area contributed by atoms with Crippen LogP contribution in [0.3, 0.4) is 0 Å². The normalized spacial score (nSPS) is 17.1. The fourth-order valence-electron chi connectivity index (χ4n) is 3.00. The Hall–Kier alpha value is -0.770. The minimum atomic E-state index is -0.558. The average Bonchev–Trinajstić information content (AvgIpc) is 3.14. The first-order valence-electron chi connectivity index (χ1n) is 7.09. The molecule has 0 amide bonds. The van der Waals surface area contributed by atoms with Gasteiger partial charge in [-0.2, -0.15) is 0 Å². The van der Waals surface area contributed by atoms with Crippen molar-refractivity contribution in [3.63, 3.8) is 0 Å². The van der Waals surface area contributed by atoms with Gasteiger partial charge in [0.05, 0.1) is 16.1 Å². The first kappa shape index (κ1) is 15.1. The Bertz CT molecular complexity index is 586. The molecule has 5 heteroatoms. The molecule has 1 aliphatic carbocycles. The van der Waals surface area contributed by atoms with Crippen LogP contribution in [0.25, 0.3) is 0 Å². The van der Waals surface area contributed by atoms with Crippen LogP contribution in [0, 0.1) is 11.7 Å². The Balaban J connectivity index is 1.88. The number of rotatable bonds is 4. The Morgan fingerprint density at radius 2 is 1.86 bits per heavy atom. The Morgan fingerprint density at radius 1 is 1.19 bits per heavy atom. The number of anilines is 1. The van der Waals surface area contributed by atoms with Crippen molar-refractivity contribution in [3.05, 3.63) is 50.4 Å². The van der Waals surface area contributed by atoms with E-state index in [9.17, 15) is 4.39 Å². The van der Waals surface area contributed by atoms with E-state index < -0.39 is 5.82 Å². The summed E-state index contributed by atoms with van der Waals surface area (Å²) < 4.78 is 13.5. The van der Waals surface area contributed by atoms with Gasteiger partial charge < -0.3 is 5.32 Å². The Kier molecular flexibility index (Phi) is 4.72. The molecule has 112 valence electrons. The third-order valence-electron chi connectivity index (χ3n) is 4.03. The molecule has 0 saturated heterocycles. The SMILES string of the molecule is Fc1c(Cl)cc(NC(c2cccs2)C2CCCC2)cc1Cl. The van der Waals surface area contributed by atoms with Gasteiger partial charge in [-0.05, 0) is 42.3 Å². The number of halogens is 3. The highest BCUT2D eigenvalue weighted by Gasteiger charge is 2.27. The van der Waals surface area contributed by atoms with E-state index in [1.54, 1.807) is 23.5 Å². The number of thiophene rings is 1. The van der Waals surface area contributed by atoms with Gasteiger partial charge in [0.25, 0.3) is 0 Å². The molecule has 1 heterocycles. The minimum absolute atomic E-state index is 0.0568. The number of hydrogen-bond donors (Lipinski definition) is 1. The minimum Gasteiger partial charge on any atom is -0.377 e. The first-order chi connectivity index (χ1) is 10.1. The van der Waals surface area contributed by atoms with E-state index in [0.29, 0.717) is 5.92 Å². The molecule has 1 fully saturated rings. The number of nitrogens with one attached hydrogen (secondary N) is 1. The molecule has 0 spiro atoms. The summed E-state index contributed by atoms with van der Waals surface area (Å²) >= 11 is 13.5. The molecule has 0 aliphatic heterocycles. The number of hydrogen-bond acceptors (Lipinski definition) is 2. The Labute approximate surface area is 138 Å². The van der Waals surface area contributed by atoms with Crippen molar-refractivity contribution in [1.29, 1.82) is 0 Å². The molecule has 1 aromatic carbocycles. The van der Waals surface area contributed by atoms with Gasteiger partial charge in [-0.3, -0.25) is 0 Å². The quantitative estimate of drug-likeness (QED) is 0.621. The van der Waals surface area contributed by atoms with Gasteiger partial charge in [0.2, 0.25) is 0 Å². The zero-order chi connectivity index (χ0) is 14.8. The maximum Gasteiger partial charge on any atom is 0.160 e. The molecule has 2 aromatic rings. The zero-order valence-electron chi connectivity index (χ0n) is 11.4. The molecule has 3 rings (SSSR count). The fourth-order valence-corrected chi connectivity index (χ4v) is 4.36. The molecule has 1 atom stereocenters. The van der Waals surface area contributed by atoms with Gasteiger partial charge in [-0.1, -0.05) is 42.1 Å². The highest BCUT2D eigenvalue weighted by Crippen LogP contribution is 2.40. The van der Waals surface area contributed by atoms with Crippen LogP contribution in [0.5, 0.6) is 0 Å². The van der Waals surface area contributed by atoms with Gasteiger partial charge in [-0.15, -0.1) is 11.3 Å². The predicted octanol–water partition coefficient (Wildman–Crippen LogP) is 6.54. The summed E-state index contributed by atoms with van der Waals surface area (Å²) in [4.78, 5) is 1.30. The van der Waals surface area contributed by atoms with Crippen LogP contribution < -0.4 is 5.32 Å². The largest absolute Gasteiger partial charge is 0.377 e. The second-order valence-electron chi connectivity index (χ2n) is 5.44. The predicted molar refractivity (Wildman–Crippen MR) is 89.1 cm³/mol. The van der Waals surface area contributed by atoms with Crippen LogP contribution in [-0.2, 0) is 0 Å². The maximum absolute atomic E-state index is 13.5. The van der Waals surface area contributed by atoms with Gasteiger partial charge in [0.1, 0.15) is 0 Å². The molecule has 1 saturated carbocycles. The second kappa shape index (κ2) is 6.55. The van der Waals surface area contributed by atoms with E-state index in [1.807, 2.05) is 0 Å². The summed E-state index contributed by atoms with van der Waals surface area (Å²) in [6, 6.07) is 7.67. The summed E-state index contributed by atoms with van der Waals surface area (Å²) in [6.45, 7) is 0. The van der Waals surface area contributed by atoms with Crippen molar-refractivity contribution < 1.29 is 4.39 Å². The Morgan fingerprint density at radius 3 is 2.43 bits per heavy atom.